The molecule has 0 atom stereocenters. The second-order valence-electron chi connectivity index (χ2n) is 7.09. The van der Waals surface area contributed by atoms with Crippen molar-refractivity contribution in [3.63, 3.8) is 0 Å². The molecule has 29 heavy (non-hydrogen) atoms. The molecule has 158 valence electrons. The van der Waals surface area contributed by atoms with Crippen LogP contribution in [0.1, 0.15) is 42.5 Å². The third-order valence-corrected chi connectivity index (χ3v) is 4.92. The molecule has 0 spiro atoms. The van der Waals surface area contributed by atoms with Gasteiger partial charge in [-0.1, -0.05) is 18.2 Å². The van der Waals surface area contributed by atoms with Gasteiger partial charge in [0.2, 0.25) is 5.88 Å². The highest BCUT2D eigenvalue weighted by Gasteiger charge is 2.18. The smallest absolute Gasteiger partial charge is 0.213 e. The Labute approximate surface area is 190 Å². The van der Waals surface area contributed by atoms with Gasteiger partial charge in [0.1, 0.15) is 5.75 Å². The number of aliphatic imine (C=N–C) groups is 1. The lowest BCUT2D eigenvalue weighted by Gasteiger charge is -2.18. The van der Waals surface area contributed by atoms with Crippen molar-refractivity contribution in [3.05, 3.63) is 53.2 Å². The number of nitrogens with zero attached hydrogens (tertiary/aromatic N) is 2. The first-order chi connectivity index (χ1) is 13.7. The Morgan fingerprint density at radius 1 is 1.14 bits per heavy atom. The number of methoxy groups -OCH3 is 1. The summed E-state index contributed by atoms with van der Waals surface area (Å²) in [6.45, 7) is 3.31. The van der Waals surface area contributed by atoms with Crippen LogP contribution in [0.2, 0.25) is 0 Å². The normalized spacial score (nSPS) is 14.2. The number of halogens is 1. The van der Waals surface area contributed by atoms with Gasteiger partial charge in [0, 0.05) is 25.2 Å². The molecule has 3 rings (SSSR count). The van der Waals surface area contributed by atoms with E-state index in [4.69, 9.17) is 9.47 Å². The molecule has 2 aromatic rings. The summed E-state index contributed by atoms with van der Waals surface area (Å²) in [5.74, 6) is 2.30. The Morgan fingerprint density at radius 2 is 1.90 bits per heavy atom. The van der Waals surface area contributed by atoms with Crippen LogP contribution in [-0.2, 0) is 13.1 Å². The fourth-order valence-corrected chi connectivity index (χ4v) is 3.35. The van der Waals surface area contributed by atoms with Crippen LogP contribution < -0.4 is 20.1 Å². The van der Waals surface area contributed by atoms with Crippen molar-refractivity contribution < 1.29 is 9.47 Å². The SMILES string of the molecule is CN=C(NCc1cccc(OC)n1)NCc1ccc(C)cc1OC1CCCC1.I. The Hall–Kier alpha value is -2.03. The first-order valence-corrected chi connectivity index (χ1v) is 9.88. The molecule has 0 bridgehead atoms. The monoisotopic (exact) mass is 510 g/mol. The first kappa shape index (κ1) is 23.3. The molecule has 2 N–H and O–H groups in total. The molecular weight excluding hydrogens is 479 g/mol. The number of aryl methyl sites for hydroxylation is 1. The van der Waals surface area contributed by atoms with Crippen LogP contribution in [0.4, 0.5) is 0 Å². The summed E-state index contributed by atoms with van der Waals surface area (Å²) in [6, 6.07) is 12.1. The lowest BCUT2D eigenvalue weighted by atomic mass is 10.1. The van der Waals surface area contributed by atoms with E-state index in [9.17, 15) is 0 Å². The van der Waals surface area contributed by atoms with E-state index in [1.807, 2.05) is 18.2 Å². The lowest BCUT2D eigenvalue weighted by molar-refractivity contribution is 0.207. The van der Waals surface area contributed by atoms with E-state index < -0.39 is 0 Å². The van der Waals surface area contributed by atoms with Crippen molar-refractivity contribution in [2.45, 2.75) is 51.8 Å². The van der Waals surface area contributed by atoms with E-state index in [2.05, 4.69) is 45.7 Å². The molecule has 0 radical (unpaired) electrons. The first-order valence-electron chi connectivity index (χ1n) is 9.88. The highest BCUT2D eigenvalue weighted by Crippen LogP contribution is 2.27. The number of hydrogen-bond donors (Lipinski definition) is 2. The average molecular weight is 510 g/mol. The summed E-state index contributed by atoms with van der Waals surface area (Å²) in [5.41, 5.74) is 3.24. The van der Waals surface area contributed by atoms with Gasteiger partial charge < -0.3 is 20.1 Å². The van der Waals surface area contributed by atoms with E-state index in [1.165, 1.54) is 18.4 Å². The summed E-state index contributed by atoms with van der Waals surface area (Å²) in [6.07, 6.45) is 5.17. The summed E-state index contributed by atoms with van der Waals surface area (Å²) < 4.78 is 11.5. The highest BCUT2D eigenvalue weighted by molar-refractivity contribution is 14.0. The minimum absolute atomic E-state index is 0. The second kappa shape index (κ2) is 11.8. The molecule has 0 aliphatic heterocycles. The van der Waals surface area contributed by atoms with Gasteiger partial charge in [0.25, 0.3) is 0 Å². The van der Waals surface area contributed by atoms with E-state index in [0.29, 0.717) is 25.1 Å². The van der Waals surface area contributed by atoms with E-state index in [-0.39, 0.29) is 24.0 Å². The van der Waals surface area contributed by atoms with Gasteiger partial charge in [0.15, 0.2) is 5.96 Å². The molecule has 1 heterocycles. The standard InChI is InChI=1S/C22H30N4O2.HI/c1-16-11-12-17(20(13-16)28-19-8-4-5-9-19)14-24-22(23-2)25-15-18-7-6-10-21(26-18)27-3;/h6-7,10-13,19H,4-5,8-9,14-15H2,1-3H3,(H2,23,24,25);1H. The summed E-state index contributed by atoms with van der Waals surface area (Å²) in [7, 11) is 3.38. The van der Waals surface area contributed by atoms with Crippen molar-refractivity contribution in [1.82, 2.24) is 15.6 Å². The fraction of sp³-hybridized carbons (Fsp3) is 0.455. The third kappa shape index (κ3) is 7.06. The van der Waals surface area contributed by atoms with Crippen molar-refractivity contribution in [2.75, 3.05) is 14.2 Å². The Bertz CT molecular complexity index is 807. The van der Waals surface area contributed by atoms with Crippen LogP contribution in [0.3, 0.4) is 0 Å². The fourth-order valence-electron chi connectivity index (χ4n) is 3.35. The molecule has 0 amide bonds. The lowest BCUT2D eigenvalue weighted by Crippen LogP contribution is -2.36. The van der Waals surface area contributed by atoms with E-state index in [1.54, 1.807) is 14.2 Å². The molecule has 1 saturated carbocycles. The van der Waals surface area contributed by atoms with Crippen molar-refractivity contribution in [2.24, 2.45) is 4.99 Å². The molecule has 1 aromatic carbocycles. The predicted molar refractivity (Wildman–Crippen MR) is 127 cm³/mol. The summed E-state index contributed by atoms with van der Waals surface area (Å²) in [4.78, 5) is 8.72. The molecule has 1 aliphatic rings. The maximum atomic E-state index is 6.28. The Kier molecular flexibility index (Phi) is 9.50. The Balaban J connectivity index is 0.00000300. The zero-order valence-electron chi connectivity index (χ0n) is 17.4. The minimum atomic E-state index is 0. The van der Waals surface area contributed by atoms with Gasteiger partial charge in [-0.05, 0) is 50.3 Å². The molecule has 0 unspecified atom stereocenters. The van der Waals surface area contributed by atoms with Crippen LogP contribution in [0.5, 0.6) is 11.6 Å². The molecule has 6 nitrogen and oxygen atoms in total. The molecule has 0 saturated heterocycles. The number of nitrogens with one attached hydrogen (secondary N) is 2. The molecule has 1 aliphatic carbocycles. The number of guanidine groups is 1. The number of aromatic nitrogens is 1. The van der Waals surface area contributed by atoms with Crippen LogP contribution in [0.15, 0.2) is 41.4 Å². The van der Waals surface area contributed by atoms with Gasteiger partial charge in [-0.15, -0.1) is 24.0 Å². The summed E-state index contributed by atoms with van der Waals surface area (Å²) >= 11 is 0. The largest absolute Gasteiger partial charge is 0.490 e. The number of rotatable bonds is 7. The van der Waals surface area contributed by atoms with Crippen molar-refractivity contribution in [3.8, 4) is 11.6 Å². The highest BCUT2D eigenvalue weighted by atomic mass is 127. The van der Waals surface area contributed by atoms with Crippen LogP contribution in [0, 0.1) is 6.92 Å². The third-order valence-electron chi connectivity index (χ3n) is 4.92. The number of pyridine rings is 1. The zero-order valence-corrected chi connectivity index (χ0v) is 19.7. The van der Waals surface area contributed by atoms with Gasteiger partial charge in [0.05, 0.1) is 25.5 Å². The van der Waals surface area contributed by atoms with Crippen LogP contribution in [0.25, 0.3) is 0 Å². The van der Waals surface area contributed by atoms with Gasteiger partial charge >= 0.3 is 0 Å². The second-order valence-corrected chi connectivity index (χ2v) is 7.09. The maximum Gasteiger partial charge on any atom is 0.213 e. The molecule has 7 heteroatoms. The van der Waals surface area contributed by atoms with E-state index >= 15 is 0 Å². The van der Waals surface area contributed by atoms with Crippen LogP contribution >= 0.6 is 24.0 Å². The van der Waals surface area contributed by atoms with Crippen molar-refractivity contribution in [1.29, 1.82) is 0 Å². The van der Waals surface area contributed by atoms with Gasteiger partial charge in [-0.3, -0.25) is 4.99 Å². The minimum Gasteiger partial charge on any atom is -0.490 e. The molecule has 1 fully saturated rings. The van der Waals surface area contributed by atoms with E-state index in [0.717, 1.165) is 35.8 Å². The number of hydrogen-bond acceptors (Lipinski definition) is 4. The van der Waals surface area contributed by atoms with Gasteiger partial charge in [-0.2, -0.15) is 0 Å². The average Bonchev–Trinajstić information content (AvgIpc) is 3.22. The number of ether oxygens (including phenoxy) is 2. The topological polar surface area (TPSA) is 67.8 Å². The van der Waals surface area contributed by atoms with Crippen molar-refractivity contribution >= 4 is 29.9 Å². The predicted octanol–water partition coefficient (Wildman–Crippen LogP) is 4.20. The number of benzene rings is 1. The van der Waals surface area contributed by atoms with Crippen LogP contribution in [-0.4, -0.2) is 31.2 Å². The quantitative estimate of drug-likeness (QED) is 0.332. The van der Waals surface area contributed by atoms with Gasteiger partial charge in [-0.25, -0.2) is 4.98 Å². The molecule has 1 aromatic heterocycles. The zero-order chi connectivity index (χ0) is 19.8. The molecular formula is C22H31IN4O2. The Morgan fingerprint density at radius 3 is 2.62 bits per heavy atom. The maximum absolute atomic E-state index is 6.28. The summed E-state index contributed by atoms with van der Waals surface area (Å²) in [5, 5.41) is 6.66.